The van der Waals surface area contributed by atoms with Crippen molar-refractivity contribution in [2.45, 2.75) is 38.9 Å². The number of nitrogens with one attached hydrogen (secondary N) is 2. The van der Waals surface area contributed by atoms with E-state index in [1.807, 2.05) is 13.8 Å². The number of rotatable bonds is 6. The molecule has 20 heavy (non-hydrogen) atoms. The molecular formula is C12H17F3N4O. The minimum atomic E-state index is -4.51. The number of hydrogen-bond donors (Lipinski definition) is 2. The van der Waals surface area contributed by atoms with Crippen molar-refractivity contribution in [1.29, 1.82) is 0 Å². The SMILES string of the molecule is CCC(C)NC(=O)CCNc1nccc(C(F)(F)F)n1. The zero-order chi connectivity index (χ0) is 15.2. The number of amides is 1. The molecule has 8 heteroatoms. The van der Waals surface area contributed by atoms with Crippen LogP contribution in [-0.2, 0) is 11.0 Å². The molecule has 1 aromatic rings. The molecule has 1 heterocycles. The number of carbonyl (C=O) groups is 1. The minimum absolute atomic E-state index is 0.0762. The quantitative estimate of drug-likeness (QED) is 0.843. The third kappa shape index (κ3) is 5.41. The van der Waals surface area contributed by atoms with Gasteiger partial charge < -0.3 is 10.6 Å². The first kappa shape index (κ1) is 16.2. The molecule has 0 aliphatic rings. The Kier molecular flexibility index (Phi) is 5.72. The highest BCUT2D eigenvalue weighted by molar-refractivity contribution is 5.76. The van der Waals surface area contributed by atoms with Crippen LogP contribution in [0.2, 0.25) is 0 Å². The number of aromatic nitrogens is 2. The topological polar surface area (TPSA) is 66.9 Å². The van der Waals surface area contributed by atoms with Crippen molar-refractivity contribution in [2.24, 2.45) is 0 Å². The van der Waals surface area contributed by atoms with E-state index in [1.165, 1.54) is 0 Å². The van der Waals surface area contributed by atoms with Crippen molar-refractivity contribution in [2.75, 3.05) is 11.9 Å². The molecule has 0 bridgehead atoms. The van der Waals surface area contributed by atoms with Crippen molar-refractivity contribution < 1.29 is 18.0 Å². The molecule has 0 saturated carbocycles. The number of carbonyl (C=O) groups excluding carboxylic acids is 1. The summed E-state index contributed by atoms with van der Waals surface area (Å²) >= 11 is 0. The summed E-state index contributed by atoms with van der Waals surface area (Å²) in [6, 6.07) is 0.869. The monoisotopic (exact) mass is 290 g/mol. The summed E-state index contributed by atoms with van der Waals surface area (Å²) in [6.07, 6.45) is -2.52. The van der Waals surface area contributed by atoms with E-state index in [0.717, 1.165) is 18.7 Å². The molecule has 0 spiro atoms. The Morgan fingerprint density at radius 1 is 1.45 bits per heavy atom. The standard InChI is InChI=1S/C12H17F3N4O/c1-3-8(2)18-10(20)5-7-17-11-16-6-4-9(19-11)12(13,14)15/h4,6,8H,3,5,7H2,1-2H3,(H,18,20)(H,16,17,19). The summed E-state index contributed by atoms with van der Waals surface area (Å²) < 4.78 is 37.3. The lowest BCUT2D eigenvalue weighted by Crippen LogP contribution is -2.33. The molecule has 2 N–H and O–H groups in total. The maximum Gasteiger partial charge on any atom is 0.433 e. The normalized spacial score (nSPS) is 12.8. The van der Waals surface area contributed by atoms with E-state index in [0.29, 0.717) is 0 Å². The maximum atomic E-state index is 12.4. The van der Waals surface area contributed by atoms with Gasteiger partial charge in [0.05, 0.1) is 0 Å². The smallest absolute Gasteiger partial charge is 0.354 e. The van der Waals surface area contributed by atoms with Crippen LogP contribution in [0.1, 0.15) is 32.4 Å². The van der Waals surface area contributed by atoms with Crippen LogP contribution in [0.25, 0.3) is 0 Å². The van der Waals surface area contributed by atoms with Crippen LogP contribution in [0.15, 0.2) is 12.3 Å². The van der Waals surface area contributed by atoms with Gasteiger partial charge in [0, 0.05) is 25.2 Å². The summed E-state index contributed by atoms with van der Waals surface area (Å²) in [5, 5.41) is 5.35. The van der Waals surface area contributed by atoms with Gasteiger partial charge in [-0.2, -0.15) is 13.2 Å². The van der Waals surface area contributed by atoms with Gasteiger partial charge in [-0.15, -0.1) is 0 Å². The predicted octanol–water partition coefficient (Wildman–Crippen LogP) is 2.21. The molecule has 0 saturated heterocycles. The van der Waals surface area contributed by atoms with E-state index in [4.69, 9.17) is 0 Å². The second-order valence-electron chi connectivity index (χ2n) is 4.32. The van der Waals surface area contributed by atoms with Crippen LogP contribution in [0.5, 0.6) is 0 Å². The Labute approximate surface area is 115 Å². The summed E-state index contributed by atoms with van der Waals surface area (Å²) in [4.78, 5) is 18.5. The Bertz CT molecular complexity index is 451. The number of anilines is 1. The van der Waals surface area contributed by atoms with Crippen molar-refractivity contribution in [1.82, 2.24) is 15.3 Å². The Balaban J connectivity index is 2.45. The number of alkyl halides is 3. The fourth-order valence-electron chi connectivity index (χ4n) is 1.34. The zero-order valence-corrected chi connectivity index (χ0v) is 11.3. The fraction of sp³-hybridized carbons (Fsp3) is 0.583. The maximum absolute atomic E-state index is 12.4. The molecule has 5 nitrogen and oxygen atoms in total. The molecule has 0 aliphatic carbocycles. The molecule has 0 radical (unpaired) electrons. The highest BCUT2D eigenvalue weighted by atomic mass is 19.4. The number of nitrogens with zero attached hydrogens (tertiary/aromatic N) is 2. The van der Waals surface area contributed by atoms with Crippen LogP contribution in [0.3, 0.4) is 0 Å². The van der Waals surface area contributed by atoms with Crippen LogP contribution in [0, 0.1) is 0 Å². The lowest BCUT2D eigenvalue weighted by Gasteiger charge is -2.12. The van der Waals surface area contributed by atoms with E-state index in [9.17, 15) is 18.0 Å². The fourth-order valence-corrected chi connectivity index (χ4v) is 1.34. The van der Waals surface area contributed by atoms with Crippen LogP contribution < -0.4 is 10.6 Å². The average molecular weight is 290 g/mol. The lowest BCUT2D eigenvalue weighted by atomic mass is 10.2. The third-order valence-corrected chi connectivity index (χ3v) is 2.60. The predicted molar refractivity (Wildman–Crippen MR) is 68.0 cm³/mol. The molecule has 0 fully saturated rings. The van der Waals surface area contributed by atoms with Crippen molar-refractivity contribution in [3.63, 3.8) is 0 Å². The van der Waals surface area contributed by atoms with E-state index >= 15 is 0 Å². The minimum Gasteiger partial charge on any atom is -0.354 e. The van der Waals surface area contributed by atoms with Crippen LogP contribution >= 0.6 is 0 Å². The summed E-state index contributed by atoms with van der Waals surface area (Å²) in [5.41, 5.74) is -1.01. The lowest BCUT2D eigenvalue weighted by molar-refractivity contribution is -0.141. The van der Waals surface area contributed by atoms with Gasteiger partial charge in [0.15, 0.2) is 0 Å². The van der Waals surface area contributed by atoms with Gasteiger partial charge in [-0.05, 0) is 19.4 Å². The zero-order valence-electron chi connectivity index (χ0n) is 11.3. The second kappa shape index (κ2) is 7.06. The third-order valence-electron chi connectivity index (χ3n) is 2.60. The van der Waals surface area contributed by atoms with E-state index < -0.39 is 11.9 Å². The Morgan fingerprint density at radius 2 is 2.15 bits per heavy atom. The van der Waals surface area contributed by atoms with Crippen molar-refractivity contribution in [3.05, 3.63) is 18.0 Å². The van der Waals surface area contributed by atoms with Crippen molar-refractivity contribution in [3.8, 4) is 0 Å². The van der Waals surface area contributed by atoms with E-state index in [1.54, 1.807) is 0 Å². The molecule has 1 rings (SSSR count). The molecule has 1 unspecified atom stereocenters. The highest BCUT2D eigenvalue weighted by Gasteiger charge is 2.32. The van der Waals surface area contributed by atoms with E-state index in [-0.39, 0.29) is 30.9 Å². The van der Waals surface area contributed by atoms with Crippen molar-refractivity contribution >= 4 is 11.9 Å². The van der Waals surface area contributed by atoms with Gasteiger partial charge in [0.25, 0.3) is 0 Å². The van der Waals surface area contributed by atoms with Gasteiger partial charge in [-0.1, -0.05) is 6.92 Å². The number of halogens is 3. The first-order chi connectivity index (χ1) is 9.32. The molecular weight excluding hydrogens is 273 g/mol. The van der Waals surface area contributed by atoms with Gasteiger partial charge in [-0.3, -0.25) is 4.79 Å². The van der Waals surface area contributed by atoms with E-state index in [2.05, 4.69) is 20.6 Å². The molecule has 112 valence electrons. The Morgan fingerprint density at radius 3 is 2.75 bits per heavy atom. The van der Waals surface area contributed by atoms with Gasteiger partial charge in [0.1, 0.15) is 5.69 Å². The first-order valence-electron chi connectivity index (χ1n) is 6.26. The molecule has 0 aliphatic heterocycles. The first-order valence-corrected chi connectivity index (χ1v) is 6.26. The summed E-state index contributed by atoms with van der Waals surface area (Å²) in [5.74, 6) is -0.310. The molecule has 1 aromatic heterocycles. The average Bonchev–Trinajstić information content (AvgIpc) is 2.38. The van der Waals surface area contributed by atoms with Crippen LogP contribution in [-0.4, -0.2) is 28.5 Å². The Hall–Kier alpha value is -1.86. The molecule has 1 atom stereocenters. The van der Waals surface area contributed by atoms with Gasteiger partial charge >= 0.3 is 6.18 Å². The largest absolute Gasteiger partial charge is 0.433 e. The highest BCUT2D eigenvalue weighted by Crippen LogP contribution is 2.27. The van der Waals surface area contributed by atoms with Crippen LogP contribution in [0.4, 0.5) is 19.1 Å². The summed E-state index contributed by atoms with van der Waals surface area (Å²) in [7, 11) is 0. The summed E-state index contributed by atoms with van der Waals surface area (Å²) in [6.45, 7) is 3.99. The number of hydrogen-bond acceptors (Lipinski definition) is 4. The van der Waals surface area contributed by atoms with Gasteiger partial charge in [0.2, 0.25) is 11.9 Å². The second-order valence-corrected chi connectivity index (χ2v) is 4.32. The molecule has 0 aromatic carbocycles. The van der Waals surface area contributed by atoms with Gasteiger partial charge in [-0.25, -0.2) is 9.97 Å². The molecule has 1 amide bonds.